The minimum absolute atomic E-state index is 0.0236. The minimum Gasteiger partial charge on any atom is -0.333 e. The maximum atomic E-state index is 13.1. The molecule has 2 nitrogen and oxygen atoms in total. The summed E-state index contributed by atoms with van der Waals surface area (Å²) < 4.78 is 0. The van der Waals surface area contributed by atoms with E-state index in [0.717, 1.165) is 5.56 Å². The second kappa shape index (κ2) is 9.11. The number of hydrogen-bond donors (Lipinski definition) is 0. The maximum absolute atomic E-state index is 13.1. The van der Waals surface area contributed by atoms with E-state index >= 15 is 0 Å². The number of carbonyl (C=O) groups is 1. The lowest BCUT2D eigenvalue weighted by Crippen LogP contribution is -2.32. The summed E-state index contributed by atoms with van der Waals surface area (Å²) in [7, 11) is 0. The second-order valence-corrected chi connectivity index (χ2v) is 8.53. The summed E-state index contributed by atoms with van der Waals surface area (Å²) in [6.07, 6.45) is 0.653. The van der Waals surface area contributed by atoms with Gasteiger partial charge >= 0.3 is 0 Å². The maximum Gasteiger partial charge on any atom is 0.254 e. The molecule has 3 rings (SSSR count). The highest BCUT2D eigenvalue weighted by atomic mass is 35.5. The first-order valence-electron chi connectivity index (χ1n) is 8.46. The van der Waals surface area contributed by atoms with E-state index in [2.05, 4.69) is 13.0 Å². The summed E-state index contributed by atoms with van der Waals surface area (Å²) in [5.74, 6) is -0.0236. The molecular weight excluding hydrogens is 421 g/mol. The second-order valence-electron chi connectivity index (χ2n) is 6.25. The molecule has 2 aromatic carbocycles. The van der Waals surface area contributed by atoms with Gasteiger partial charge in [0, 0.05) is 32.1 Å². The van der Waals surface area contributed by atoms with Crippen LogP contribution in [-0.2, 0) is 13.0 Å². The van der Waals surface area contributed by atoms with Crippen molar-refractivity contribution in [3.63, 3.8) is 0 Å². The number of carbonyl (C=O) groups excluding carboxylic acids is 1. The van der Waals surface area contributed by atoms with Gasteiger partial charge in [-0.1, -0.05) is 40.9 Å². The van der Waals surface area contributed by atoms with Gasteiger partial charge in [0.05, 0.1) is 6.54 Å². The Morgan fingerprint density at radius 2 is 1.70 bits per heavy atom. The molecule has 0 radical (unpaired) electrons. The molecule has 1 heterocycles. The van der Waals surface area contributed by atoms with Crippen molar-refractivity contribution in [1.29, 1.82) is 0 Å². The van der Waals surface area contributed by atoms with Crippen molar-refractivity contribution in [1.82, 2.24) is 4.90 Å². The van der Waals surface area contributed by atoms with Gasteiger partial charge in [-0.25, -0.2) is 0 Å². The smallest absolute Gasteiger partial charge is 0.254 e. The average molecular weight is 439 g/mol. The first-order valence-corrected chi connectivity index (χ1v) is 10.5. The Balaban J connectivity index is 1.81. The fourth-order valence-electron chi connectivity index (χ4n) is 2.75. The van der Waals surface area contributed by atoms with E-state index in [1.54, 1.807) is 41.7 Å². The normalized spacial score (nSPS) is 10.8. The first-order chi connectivity index (χ1) is 12.9. The summed E-state index contributed by atoms with van der Waals surface area (Å²) >= 11 is 19.9. The molecule has 0 saturated carbocycles. The molecule has 0 spiro atoms. The summed E-state index contributed by atoms with van der Waals surface area (Å²) in [5.41, 5.74) is 2.78. The molecule has 0 N–H and O–H groups in total. The van der Waals surface area contributed by atoms with Crippen LogP contribution in [0.25, 0.3) is 0 Å². The Bertz CT molecular complexity index is 937. The van der Waals surface area contributed by atoms with Gasteiger partial charge in [0.15, 0.2) is 0 Å². The number of aryl methyl sites for hydroxylation is 1. The molecule has 1 aromatic heterocycles. The minimum atomic E-state index is -0.0236. The van der Waals surface area contributed by atoms with Crippen LogP contribution in [0.1, 0.15) is 26.4 Å². The molecule has 0 atom stereocenters. The van der Waals surface area contributed by atoms with Crippen molar-refractivity contribution in [2.24, 2.45) is 0 Å². The molecule has 0 saturated heterocycles. The molecule has 0 unspecified atom stereocenters. The van der Waals surface area contributed by atoms with Crippen LogP contribution in [0.4, 0.5) is 0 Å². The molecule has 0 aliphatic rings. The van der Waals surface area contributed by atoms with Crippen LogP contribution in [0.2, 0.25) is 15.1 Å². The monoisotopic (exact) mass is 437 g/mol. The van der Waals surface area contributed by atoms with Crippen molar-refractivity contribution in [3.05, 3.63) is 90.5 Å². The van der Waals surface area contributed by atoms with Gasteiger partial charge in [-0.15, -0.1) is 11.3 Å². The van der Waals surface area contributed by atoms with Gasteiger partial charge in [0.25, 0.3) is 5.91 Å². The zero-order valence-corrected chi connectivity index (χ0v) is 17.8. The molecule has 0 aliphatic heterocycles. The number of amides is 1. The number of hydrogen-bond acceptors (Lipinski definition) is 2. The van der Waals surface area contributed by atoms with E-state index in [0.29, 0.717) is 40.1 Å². The lowest BCUT2D eigenvalue weighted by molar-refractivity contribution is 0.0746. The molecule has 0 fully saturated rings. The molecule has 27 heavy (non-hydrogen) atoms. The quantitative estimate of drug-likeness (QED) is 0.410. The van der Waals surface area contributed by atoms with Gasteiger partial charge in [-0.05, 0) is 72.3 Å². The molecule has 140 valence electrons. The average Bonchev–Trinajstić information content (AvgIpc) is 3.04. The molecule has 3 aromatic rings. The van der Waals surface area contributed by atoms with E-state index in [4.69, 9.17) is 34.8 Å². The Kier molecular flexibility index (Phi) is 6.83. The first kappa shape index (κ1) is 20.2. The van der Waals surface area contributed by atoms with Gasteiger partial charge in [-0.3, -0.25) is 4.79 Å². The van der Waals surface area contributed by atoms with Gasteiger partial charge in [0.1, 0.15) is 0 Å². The lowest BCUT2D eigenvalue weighted by atomic mass is 10.1. The van der Waals surface area contributed by atoms with E-state index in [1.807, 2.05) is 22.4 Å². The highest BCUT2D eigenvalue weighted by Crippen LogP contribution is 2.24. The van der Waals surface area contributed by atoms with Crippen molar-refractivity contribution < 1.29 is 4.79 Å². The Morgan fingerprint density at radius 1 is 1.00 bits per heavy atom. The lowest BCUT2D eigenvalue weighted by Gasteiger charge is -2.23. The Hall–Kier alpha value is -1.52. The number of rotatable bonds is 6. The number of halogens is 3. The summed E-state index contributed by atoms with van der Waals surface area (Å²) in [6.45, 7) is 3.18. The molecule has 0 aliphatic carbocycles. The van der Waals surface area contributed by atoms with Crippen molar-refractivity contribution in [2.45, 2.75) is 19.9 Å². The van der Waals surface area contributed by atoms with Gasteiger partial charge in [-0.2, -0.15) is 0 Å². The summed E-state index contributed by atoms with van der Waals surface area (Å²) in [6, 6.07) is 14.5. The van der Waals surface area contributed by atoms with E-state index in [-0.39, 0.29) is 5.91 Å². The van der Waals surface area contributed by atoms with E-state index < -0.39 is 0 Å². The number of nitrogens with zero attached hydrogens (tertiary/aromatic N) is 1. The third-order valence-corrected chi connectivity index (χ3v) is 6.19. The van der Waals surface area contributed by atoms with Crippen LogP contribution in [0, 0.1) is 6.92 Å². The van der Waals surface area contributed by atoms with E-state index in [9.17, 15) is 4.79 Å². The molecule has 1 amide bonds. The third-order valence-electron chi connectivity index (χ3n) is 4.35. The van der Waals surface area contributed by atoms with Crippen LogP contribution in [-0.4, -0.2) is 17.4 Å². The standard InChI is InChI=1S/C21H18Cl3NOS/c1-14-9-11-27-20(14)13-25(21(26)16-3-5-17(22)6-4-16)10-8-15-2-7-18(23)12-19(15)24/h2-7,9,11-12H,8,10,13H2,1H3. The van der Waals surface area contributed by atoms with Crippen LogP contribution in [0.15, 0.2) is 53.9 Å². The predicted octanol–water partition coefficient (Wildman–Crippen LogP) is 6.90. The SMILES string of the molecule is Cc1ccsc1CN(CCc1ccc(Cl)cc1Cl)C(=O)c1ccc(Cl)cc1. The zero-order valence-electron chi connectivity index (χ0n) is 14.7. The summed E-state index contributed by atoms with van der Waals surface area (Å²) in [5, 5.41) is 3.88. The number of thiophene rings is 1. The largest absolute Gasteiger partial charge is 0.333 e. The number of benzene rings is 2. The summed E-state index contributed by atoms with van der Waals surface area (Å²) in [4.78, 5) is 16.1. The van der Waals surface area contributed by atoms with Crippen molar-refractivity contribution in [3.8, 4) is 0 Å². The topological polar surface area (TPSA) is 20.3 Å². The van der Waals surface area contributed by atoms with Crippen LogP contribution in [0.5, 0.6) is 0 Å². The fourth-order valence-corrected chi connectivity index (χ4v) is 4.30. The Morgan fingerprint density at radius 3 is 2.33 bits per heavy atom. The molecule has 0 bridgehead atoms. The van der Waals surface area contributed by atoms with Crippen LogP contribution >= 0.6 is 46.1 Å². The predicted molar refractivity (Wildman–Crippen MR) is 115 cm³/mol. The van der Waals surface area contributed by atoms with Crippen LogP contribution < -0.4 is 0 Å². The highest BCUT2D eigenvalue weighted by molar-refractivity contribution is 7.10. The van der Waals surface area contributed by atoms with E-state index in [1.165, 1.54) is 10.4 Å². The van der Waals surface area contributed by atoms with Crippen molar-refractivity contribution >= 4 is 52.0 Å². The third kappa shape index (κ3) is 5.26. The Labute approximate surface area is 178 Å². The van der Waals surface area contributed by atoms with Gasteiger partial charge < -0.3 is 4.90 Å². The zero-order chi connectivity index (χ0) is 19.4. The molecular formula is C21H18Cl3NOS. The highest BCUT2D eigenvalue weighted by Gasteiger charge is 2.18. The van der Waals surface area contributed by atoms with Crippen molar-refractivity contribution in [2.75, 3.05) is 6.54 Å². The fraction of sp³-hybridized carbons (Fsp3) is 0.190. The van der Waals surface area contributed by atoms with Gasteiger partial charge in [0.2, 0.25) is 0 Å². The molecule has 6 heteroatoms. The van der Waals surface area contributed by atoms with Crippen LogP contribution in [0.3, 0.4) is 0 Å².